The van der Waals surface area contributed by atoms with Gasteiger partial charge < -0.3 is 9.42 Å². The standard InChI is InChI=1S/C12H14F3N3O2/c13-12(14,15)11-16-9(17-20-11)8-4-5-18(6-8)10(19)7-2-1-3-7/h7-8H,1-6H2/t8-/m1/s1. The lowest BCUT2D eigenvalue weighted by atomic mass is 9.84. The van der Waals surface area contributed by atoms with Crippen LogP contribution in [0.15, 0.2) is 4.52 Å². The Morgan fingerprint density at radius 1 is 1.30 bits per heavy atom. The second kappa shape index (κ2) is 4.75. The molecule has 3 rings (SSSR count). The molecule has 0 bridgehead atoms. The summed E-state index contributed by atoms with van der Waals surface area (Å²) in [6.07, 6.45) is -1.13. The maximum Gasteiger partial charge on any atom is 0.471 e. The largest absolute Gasteiger partial charge is 0.471 e. The van der Waals surface area contributed by atoms with Gasteiger partial charge in [-0.3, -0.25) is 4.79 Å². The van der Waals surface area contributed by atoms with Gasteiger partial charge in [0.05, 0.1) is 0 Å². The van der Waals surface area contributed by atoms with Gasteiger partial charge in [0.15, 0.2) is 5.82 Å². The van der Waals surface area contributed by atoms with Gasteiger partial charge in [0.1, 0.15) is 0 Å². The number of hydrogen-bond donors (Lipinski definition) is 0. The third kappa shape index (κ3) is 2.38. The molecule has 0 aromatic carbocycles. The summed E-state index contributed by atoms with van der Waals surface area (Å²) < 4.78 is 41.4. The Balaban J connectivity index is 1.64. The number of rotatable bonds is 2. The van der Waals surface area contributed by atoms with Crippen molar-refractivity contribution in [1.82, 2.24) is 15.0 Å². The number of amides is 1. The van der Waals surface area contributed by atoms with E-state index in [1.165, 1.54) is 0 Å². The minimum absolute atomic E-state index is 0.0428. The summed E-state index contributed by atoms with van der Waals surface area (Å²) in [5, 5.41) is 3.39. The first-order valence-electron chi connectivity index (χ1n) is 6.64. The number of alkyl halides is 3. The fraction of sp³-hybridized carbons (Fsp3) is 0.750. The summed E-state index contributed by atoms with van der Waals surface area (Å²) >= 11 is 0. The van der Waals surface area contributed by atoms with E-state index in [9.17, 15) is 18.0 Å². The summed E-state index contributed by atoms with van der Waals surface area (Å²) in [6, 6.07) is 0. The fourth-order valence-corrected chi connectivity index (χ4v) is 2.60. The highest BCUT2D eigenvalue weighted by molar-refractivity contribution is 5.79. The Labute approximate surface area is 113 Å². The Morgan fingerprint density at radius 3 is 2.60 bits per heavy atom. The van der Waals surface area contributed by atoms with E-state index >= 15 is 0 Å². The Morgan fingerprint density at radius 2 is 2.05 bits per heavy atom. The third-order valence-electron chi connectivity index (χ3n) is 4.00. The van der Waals surface area contributed by atoms with Gasteiger partial charge in [-0.25, -0.2) is 0 Å². The van der Waals surface area contributed by atoms with Crippen LogP contribution in [0.2, 0.25) is 0 Å². The van der Waals surface area contributed by atoms with Crippen molar-refractivity contribution in [2.75, 3.05) is 13.1 Å². The predicted molar refractivity (Wildman–Crippen MR) is 60.6 cm³/mol. The van der Waals surface area contributed by atoms with E-state index in [1.54, 1.807) is 4.90 Å². The van der Waals surface area contributed by atoms with E-state index < -0.39 is 12.1 Å². The highest BCUT2D eigenvalue weighted by Gasteiger charge is 2.41. The van der Waals surface area contributed by atoms with E-state index in [4.69, 9.17) is 0 Å². The van der Waals surface area contributed by atoms with Crippen molar-refractivity contribution < 1.29 is 22.5 Å². The molecule has 2 fully saturated rings. The van der Waals surface area contributed by atoms with Crippen molar-refractivity contribution in [2.24, 2.45) is 5.92 Å². The molecule has 0 N–H and O–H groups in total. The number of likely N-dealkylation sites (tertiary alicyclic amines) is 1. The maximum absolute atomic E-state index is 12.4. The average molecular weight is 289 g/mol. The van der Waals surface area contributed by atoms with E-state index in [0.29, 0.717) is 19.5 Å². The molecule has 2 heterocycles. The van der Waals surface area contributed by atoms with Crippen LogP contribution in [0.4, 0.5) is 13.2 Å². The fourth-order valence-electron chi connectivity index (χ4n) is 2.60. The topological polar surface area (TPSA) is 59.2 Å². The Hall–Kier alpha value is -1.60. The molecule has 1 aromatic heterocycles. The second-order valence-electron chi connectivity index (χ2n) is 5.35. The van der Waals surface area contributed by atoms with Crippen LogP contribution in [0.25, 0.3) is 0 Å². The third-order valence-corrected chi connectivity index (χ3v) is 4.00. The quantitative estimate of drug-likeness (QED) is 0.837. The minimum atomic E-state index is -4.62. The van der Waals surface area contributed by atoms with E-state index in [2.05, 4.69) is 14.7 Å². The van der Waals surface area contributed by atoms with Gasteiger partial charge in [-0.05, 0) is 19.3 Å². The molecule has 2 aliphatic rings. The van der Waals surface area contributed by atoms with Gasteiger partial charge in [0, 0.05) is 24.9 Å². The SMILES string of the molecule is O=C(C1CCC1)N1CC[C@@H](c2noc(C(F)(F)F)n2)C1. The summed E-state index contributed by atoms with van der Waals surface area (Å²) in [7, 11) is 0. The zero-order chi connectivity index (χ0) is 14.3. The van der Waals surface area contributed by atoms with Crippen LogP contribution in [0, 0.1) is 5.92 Å². The Bertz CT molecular complexity index is 510. The molecule has 1 saturated heterocycles. The summed E-state index contributed by atoms with van der Waals surface area (Å²) in [5.74, 6) is -1.33. The van der Waals surface area contributed by atoms with E-state index in [1.807, 2.05) is 0 Å². The summed E-state index contributed by atoms with van der Waals surface area (Å²) in [6.45, 7) is 0.933. The molecule has 1 aromatic rings. The number of halogens is 3. The molecular weight excluding hydrogens is 275 g/mol. The first kappa shape index (κ1) is 13.4. The first-order valence-corrected chi connectivity index (χ1v) is 6.64. The van der Waals surface area contributed by atoms with Gasteiger partial charge >= 0.3 is 12.1 Å². The molecule has 20 heavy (non-hydrogen) atoms. The lowest BCUT2D eigenvalue weighted by molar-refractivity contribution is -0.159. The van der Waals surface area contributed by atoms with Crippen molar-refractivity contribution in [1.29, 1.82) is 0 Å². The van der Waals surface area contributed by atoms with Gasteiger partial charge in [-0.2, -0.15) is 18.2 Å². The number of carbonyl (C=O) groups excluding carboxylic acids is 1. The van der Waals surface area contributed by atoms with Crippen LogP contribution in [0.5, 0.6) is 0 Å². The number of hydrogen-bond acceptors (Lipinski definition) is 4. The molecule has 1 amide bonds. The molecule has 1 aliphatic heterocycles. The zero-order valence-electron chi connectivity index (χ0n) is 10.7. The molecule has 0 spiro atoms. The lowest BCUT2D eigenvalue weighted by Crippen LogP contribution is -2.37. The lowest BCUT2D eigenvalue weighted by Gasteiger charge is -2.29. The van der Waals surface area contributed by atoms with Crippen LogP contribution >= 0.6 is 0 Å². The molecular formula is C12H14F3N3O2. The van der Waals surface area contributed by atoms with Crippen molar-refractivity contribution >= 4 is 5.91 Å². The van der Waals surface area contributed by atoms with Gasteiger partial charge in [0.2, 0.25) is 5.91 Å². The highest BCUT2D eigenvalue weighted by atomic mass is 19.4. The molecule has 5 nitrogen and oxygen atoms in total. The molecule has 0 unspecified atom stereocenters. The monoisotopic (exact) mass is 289 g/mol. The van der Waals surface area contributed by atoms with Crippen LogP contribution in [-0.4, -0.2) is 34.0 Å². The summed E-state index contributed by atoms with van der Waals surface area (Å²) in [4.78, 5) is 17.2. The van der Waals surface area contributed by atoms with Crippen molar-refractivity contribution in [3.8, 4) is 0 Å². The van der Waals surface area contributed by atoms with Crippen LogP contribution in [-0.2, 0) is 11.0 Å². The first-order chi connectivity index (χ1) is 9.45. The molecule has 1 atom stereocenters. The number of carbonyl (C=O) groups is 1. The van der Waals surface area contributed by atoms with Crippen LogP contribution in [0.1, 0.15) is 43.3 Å². The van der Waals surface area contributed by atoms with Gasteiger partial charge in [0.25, 0.3) is 0 Å². The van der Waals surface area contributed by atoms with Gasteiger partial charge in [-0.1, -0.05) is 11.6 Å². The number of nitrogens with zero attached hydrogens (tertiary/aromatic N) is 3. The van der Waals surface area contributed by atoms with Gasteiger partial charge in [-0.15, -0.1) is 0 Å². The smallest absolute Gasteiger partial charge is 0.342 e. The number of aromatic nitrogens is 2. The normalized spacial score (nSPS) is 23.9. The van der Waals surface area contributed by atoms with Crippen LogP contribution < -0.4 is 0 Å². The molecule has 0 radical (unpaired) electrons. The Kier molecular flexibility index (Phi) is 3.18. The van der Waals surface area contributed by atoms with Crippen molar-refractivity contribution in [2.45, 2.75) is 37.8 Å². The molecule has 1 saturated carbocycles. The van der Waals surface area contributed by atoms with E-state index in [-0.39, 0.29) is 23.6 Å². The second-order valence-corrected chi connectivity index (χ2v) is 5.35. The molecule has 8 heteroatoms. The van der Waals surface area contributed by atoms with Crippen molar-refractivity contribution in [3.63, 3.8) is 0 Å². The average Bonchev–Trinajstić information content (AvgIpc) is 2.94. The maximum atomic E-state index is 12.4. The minimum Gasteiger partial charge on any atom is -0.342 e. The van der Waals surface area contributed by atoms with Crippen LogP contribution in [0.3, 0.4) is 0 Å². The zero-order valence-corrected chi connectivity index (χ0v) is 10.7. The predicted octanol–water partition coefficient (Wildman–Crippen LogP) is 2.20. The summed E-state index contributed by atoms with van der Waals surface area (Å²) in [5.41, 5.74) is 0. The molecule has 1 aliphatic carbocycles. The molecule has 110 valence electrons. The van der Waals surface area contributed by atoms with Crippen molar-refractivity contribution in [3.05, 3.63) is 11.7 Å². The van der Waals surface area contributed by atoms with E-state index in [0.717, 1.165) is 19.3 Å². The highest BCUT2D eigenvalue weighted by Crippen LogP contribution is 2.34.